The van der Waals surface area contributed by atoms with Crippen LogP contribution in [0.4, 0.5) is 17.1 Å². The van der Waals surface area contributed by atoms with Crippen molar-refractivity contribution in [2.75, 3.05) is 4.90 Å². The molecule has 69 heavy (non-hydrogen) atoms. The molecule has 0 saturated heterocycles. The summed E-state index contributed by atoms with van der Waals surface area (Å²) in [5.74, 6) is 0. The Kier molecular flexibility index (Phi) is 10.1. The predicted molar refractivity (Wildman–Crippen MR) is 296 cm³/mol. The molecule has 324 valence electrons. The highest BCUT2D eigenvalue weighted by molar-refractivity contribution is 7.26. The van der Waals surface area contributed by atoms with Crippen molar-refractivity contribution in [3.05, 3.63) is 267 Å². The summed E-state index contributed by atoms with van der Waals surface area (Å²) in [7, 11) is 0. The van der Waals surface area contributed by atoms with Gasteiger partial charge in [0.15, 0.2) is 0 Å². The lowest BCUT2D eigenvalue weighted by Crippen LogP contribution is -2.11. The van der Waals surface area contributed by atoms with Crippen LogP contribution in [0.5, 0.6) is 0 Å². The molecule has 0 saturated carbocycles. The van der Waals surface area contributed by atoms with Crippen LogP contribution >= 0.6 is 11.3 Å². The second-order valence-corrected chi connectivity index (χ2v) is 18.7. The molecule has 0 unspecified atom stereocenters. The van der Waals surface area contributed by atoms with Gasteiger partial charge in [0.1, 0.15) is 0 Å². The Morgan fingerprint density at radius 3 is 1.52 bits per heavy atom. The number of anilines is 3. The highest BCUT2D eigenvalue weighted by Gasteiger charge is 2.21. The standard InChI is InChI=1S/C66H44N2S/c1-3-18-46(19-4-1)52-22-7-8-23-54(52)55-24-9-10-25-56(55)57-26-11-14-31-62(57)67(51-41-36-47(37-42-51)53-29-17-30-60-59-28-13-16-33-65(59)69-66(53)60)50-39-34-45(35-40-50)48-38-43-64-61(44-48)58-27-12-15-32-63(58)68(64)49-20-5-2-6-21-49/h1-44H. The Balaban J connectivity index is 0.948. The van der Waals surface area contributed by atoms with E-state index in [1.807, 2.05) is 11.3 Å². The fraction of sp³-hybridized carbons (Fsp3) is 0. The van der Waals surface area contributed by atoms with Crippen LogP contribution in [0.2, 0.25) is 0 Å². The minimum Gasteiger partial charge on any atom is -0.310 e. The summed E-state index contributed by atoms with van der Waals surface area (Å²) in [4.78, 5) is 2.43. The predicted octanol–water partition coefficient (Wildman–Crippen LogP) is 19.0. The Labute approximate surface area is 405 Å². The topological polar surface area (TPSA) is 8.17 Å². The zero-order valence-corrected chi connectivity index (χ0v) is 38.5. The first-order chi connectivity index (χ1) is 34.2. The molecule has 0 radical (unpaired) electrons. The summed E-state index contributed by atoms with van der Waals surface area (Å²) in [5.41, 5.74) is 18.8. The van der Waals surface area contributed by atoms with Crippen molar-refractivity contribution in [3.8, 4) is 61.3 Å². The van der Waals surface area contributed by atoms with Crippen LogP contribution in [-0.2, 0) is 0 Å². The van der Waals surface area contributed by atoms with Crippen molar-refractivity contribution in [3.63, 3.8) is 0 Å². The van der Waals surface area contributed by atoms with E-state index in [2.05, 4.69) is 276 Å². The van der Waals surface area contributed by atoms with Gasteiger partial charge in [0, 0.05) is 53.6 Å². The van der Waals surface area contributed by atoms with Crippen molar-refractivity contribution in [2.45, 2.75) is 0 Å². The number of fused-ring (bicyclic) bond motifs is 6. The summed E-state index contributed by atoms with van der Waals surface area (Å²) >= 11 is 1.87. The summed E-state index contributed by atoms with van der Waals surface area (Å²) in [6.07, 6.45) is 0. The number of benzene rings is 11. The zero-order chi connectivity index (χ0) is 45.7. The van der Waals surface area contributed by atoms with E-state index in [9.17, 15) is 0 Å². The van der Waals surface area contributed by atoms with Crippen molar-refractivity contribution in [1.82, 2.24) is 4.57 Å². The van der Waals surface area contributed by atoms with Crippen molar-refractivity contribution in [2.24, 2.45) is 0 Å². The smallest absolute Gasteiger partial charge is 0.0541 e. The maximum Gasteiger partial charge on any atom is 0.0541 e. The molecule has 0 aliphatic rings. The molecule has 3 heteroatoms. The van der Waals surface area contributed by atoms with E-state index in [-0.39, 0.29) is 0 Å². The summed E-state index contributed by atoms with van der Waals surface area (Å²) in [6.45, 7) is 0. The maximum absolute atomic E-state index is 2.43. The van der Waals surface area contributed by atoms with Gasteiger partial charge >= 0.3 is 0 Å². The summed E-state index contributed by atoms with van der Waals surface area (Å²) < 4.78 is 5.01. The van der Waals surface area contributed by atoms with Gasteiger partial charge in [0.2, 0.25) is 0 Å². The van der Waals surface area contributed by atoms with Gasteiger partial charge in [-0.2, -0.15) is 0 Å². The van der Waals surface area contributed by atoms with Gasteiger partial charge in [-0.15, -0.1) is 11.3 Å². The number of nitrogens with zero attached hydrogens (tertiary/aromatic N) is 2. The molecule has 0 N–H and O–H groups in total. The van der Waals surface area contributed by atoms with Gasteiger partial charge in [-0.25, -0.2) is 0 Å². The molecule has 11 aromatic carbocycles. The summed E-state index contributed by atoms with van der Waals surface area (Å²) in [6, 6.07) is 97.3. The highest BCUT2D eigenvalue weighted by atomic mass is 32.1. The first-order valence-electron chi connectivity index (χ1n) is 23.6. The van der Waals surface area contributed by atoms with Crippen LogP contribution in [0.25, 0.3) is 103 Å². The molecular weight excluding hydrogens is 853 g/mol. The van der Waals surface area contributed by atoms with Crippen LogP contribution in [0, 0.1) is 0 Å². The molecule has 0 fully saturated rings. The molecule has 0 spiro atoms. The lowest BCUT2D eigenvalue weighted by Gasteiger charge is -2.29. The number of hydrogen-bond donors (Lipinski definition) is 0. The molecule has 0 atom stereocenters. The van der Waals surface area contributed by atoms with Gasteiger partial charge in [0.25, 0.3) is 0 Å². The maximum atomic E-state index is 2.43. The minimum absolute atomic E-state index is 1.08. The molecule has 13 aromatic rings. The van der Waals surface area contributed by atoms with E-state index in [0.717, 1.165) is 28.3 Å². The van der Waals surface area contributed by atoms with E-state index in [0.29, 0.717) is 0 Å². The average molecular weight is 897 g/mol. The monoisotopic (exact) mass is 896 g/mol. The third-order valence-corrected chi connectivity index (χ3v) is 14.9. The Hall–Kier alpha value is -8.76. The SMILES string of the molecule is c1ccc(-c2ccccc2-c2ccccc2-c2ccccc2N(c2ccc(-c3ccc4c(c3)c3ccccc3n4-c3ccccc3)cc2)c2ccc(-c3cccc4c3sc3ccccc34)cc2)cc1. The van der Waals surface area contributed by atoms with Crippen molar-refractivity contribution < 1.29 is 0 Å². The Morgan fingerprint density at radius 2 is 0.783 bits per heavy atom. The van der Waals surface area contributed by atoms with E-state index in [1.54, 1.807) is 0 Å². The Bertz CT molecular complexity index is 4000. The lowest BCUT2D eigenvalue weighted by atomic mass is 9.88. The van der Waals surface area contributed by atoms with Crippen LogP contribution in [0.15, 0.2) is 267 Å². The molecule has 2 aromatic heterocycles. The van der Waals surface area contributed by atoms with Crippen molar-refractivity contribution in [1.29, 1.82) is 0 Å². The van der Waals surface area contributed by atoms with Gasteiger partial charge in [-0.1, -0.05) is 200 Å². The van der Waals surface area contributed by atoms with E-state index in [1.165, 1.54) is 92.0 Å². The number of para-hydroxylation sites is 3. The molecule has 13 rings (SSSR count). The normalized spacial score (nSPS) is 11.5. The van der Waals surface area contributed by atoms with Crippen LogP contribution in [0.1, 0.15) is 0 Å². The highest BCUT2D eigenvalue weighted by Crippen LogP contribution is 2.47. The third kappa shape index (κ3) is 7.11. The van der Waals surface area contributed by atoms with Crippen LogP contribution in [0.3, 0.4) is 0 Å². The second-order valence-electron chi connectivity index (χ2n) is 17.6. The largest absolute Gasteiger partial charge is 0.310 e. The van der Waals surface area contributed by atoms with E-state index in [4.69, 9.17) is 0 Å². The molecule has 0 bridgehead atoms. The van der Waals surface area contributed by atoms with Gasteiger partial charge in [-0.3, -0.25) is 0 Å². The fourth-order valence-electron chi connectivity index (χ4n) is 10.4. The molecule has 0 aliphatic heterocycles. The quantitative estimate of drug-likeness (QED) is 0.140. The first-order valence-corrected chi connectivity index (χ1v) is 24.4. The van der Waals surface area contributed by atoms with Crippen LogP contribution < -0.4 is 4.90 Å². The van der Waals surface area contributed by atoms with Gasteiger partial charge in [-0.05, 0) is 117 Å². The molecule has 2 nitrogen and oxygen atoms in total. The zero-order valence-electron chi connectivity index (χ0n) is 37.7. The number of rotatable bonds is 9. The lowest BCUT2D eigenvalue weighted by molar-refractivity contribution is 1.18. The molecule has 0 amide bonds. The van der Waals surface area contributed by atoms with E-state index >= 15 is 0 Å². The Morgan fingerprint density at radius 1 is 0.290 bits per heavy atom. The number of hydrogen-bond acceptors (Lipinski definition) is 2. The number of thiophene rings is 1. The average Bonchev–Trinajstić information content (AvgIpc) is 3.98. The minimum atomic E-state index is 1.08. The fourth-order valence-corrected chi connectivity index (χ4v) is 11.7. The van der Waals surface area contributed by atoms with Crippen molar-refractivity contribution >= 4 is 70.4 Å². The summed E-state index contributed by atoms with van der Waals surface area (Å²) in [5, 5.41) is 5.11. The second kappa shape index (κ2) is 17.2. The first kappa shape index (κ1) is 40.5. The van der Waals surface area contributed by atoms with Gasteiger partial charge < -0.3 is 9.47 Å². The molecule has 0 aliphatic carbocycles. The van der Waals surface area contributed by atoms with Crippen LogP contribution in [-0.4, -0.2) is 4.57 Å². The van der Waals surface area contributed by atoms with E-state index < -0.39 is 0 Å². The number of aromatic nitrogens is 1. The molecule has 2 heterocycles. The third-order valence-electron chi connectivity index (χ3n) is 13.7. The molecular formula is C66H44N2S. The van der Waals surface area contributed by atoms with Gasteiger partial charge in [0.05, 0.1) is 16.7 Å².